The second-order valence-electron chi connectivity index (χ2n) is 6.02. The fourth-order valence-corrected chi connectivity index (χ4v) is 2.99. The van der Waals surface area contributed by atoms with Gasteiger partial charge in [-0.2, -0.15) is 4.98 Å². The van der Waals surface area contributed by atoms with Crippen molar-refractivity contribution in [1.82, 2.24) is 14.6 Å². The van der Waals surface area contributed by atoms with E-state index in [0.717, 1.165) is 5.65 Å². The van der Waals surface area contributed by atoms with Crippen LogP contribution < -0.4 is 5.32 Å². The minimum absolute atomic E-state index is 0.299. The highest BCUT2D eigenvalue weighted by molar-refractivity contribution is 6.30. The molecule has 0 aliphatic heterocycles. The van der Waals surface area contributed by atoms with Gasteiger partial charge in [0.25, 0.3) is 0 Å². The molecule has 2 heterocycles. The van der Waals surface area contributed by atoms with Crippen molar-refractivity contribution in [3.05, 3.63) is 23.4 Å². The van der Waals surface area contributed by atoms with E-state index in [9.17, 15) is 0 Å². The van der Waals surface area contributed by atoms with Gasteiger partial charge in [-0.1, -0.05) is 38.3 Å². The van der Waals surface area contributed by atoms with Gasteiger partial charge in [-0.25, -0.2) is 4.52 Å². The number of hydrogen-bond acceptors (Lipinski definition) is 3. The van der Waals surface area contributed by atoms with Crippen molar-refractivity contribution in [2.75, 3.05) is 5.32 Å². The van der Waals surface area contributed by atoms with Crippen molar-refractivity contribution in [3.63, 3.8) is 0 Å². The number of pyridine rings is 1. The van der Waals surface area contributed by atoms with Gasteiger partial charge in [0, 0.05) is 12.2 Å². The van der Waals surface area contributed by atoms with E-state index >= 15 is 0 Å². The lowest BCUT2D eigenvalue weighted by Crippen LogP contribution is -2.39. The van der Waals surface area contributed by atoms with E-state index in [1.165, 1.54) is 25.7 Å². The summed E-state index contributed by atoms with van der Waals surface area (Å²) in [4.78, 5) is 4.50. The molecule has 0 amide bonds. The predicted octanol–water partition coefficient (Wildman–Crippen LogP) is 3.76. The van der Waals surface area contributed by atoms with Gasteiger partial charge in [0.15, 0.2) is 5.65 Å². The minimum Gasteiger partial charge on any atom is -0.350 e. The number of halogens is 1. The molecule has 0 saturated heterocycles. The molecule has 1 fully saturated rings. The molecule has 1 atom stereocenters. The molecule has 102 valence electrons. The minimum atomic E-state index is 0.299. The Balaban J connectivity index is 1.84. The second kappa shape index (κ2) is 4.67. The predicted molar refractivity (Wildman–Crippen MR) is 77.7 cm³/mol. The van der Waals surface area contributed by atoms with Crippen LogP contribution in [0.1, 0.15) is 39.5 Å². The average Bonchev–Trinajstić information content (AvgIpc) is 2.73. The van der Waals surface area contributed by atoms with Crippen LogP contribution in [0.3, 0.4) is 0 Å². The van der Waals surface area contributed by atoms with Crippen molar-refractivity contribution in [1.29, 1.82) is 0 Å². The molecular weight excluding hydrogens is 260 g/mol. The third-order valence-electron chi connectivity index (χ3n) is 4.11. The Kier molecular flexibility index (Phi) is 3.13. The molecule has 4 nitrogen and oxygen atoms in total. The van der Waals surface area contributed by atoms with Gasteiger partial charge in [0.1, 0.15) is 0 Å². The molecule has 1 unspecified atom stereocenters. The van der Waals surface area contributed by atoms with Crippen molar-refractivity contribution in [2.45, 2.75) is 45.6 Å². The third-order valence-corrected chi connectivity index (χ3v) is 4.33. The Morgan fingerprint density at radius 3 is 3.00 bits per heavy atom. The van der Waals surface area contributed by atoms with Gasteiger partial charge in [-0.05, 0) is 30.4 Å². The van der Waals surface area contributed by atoms with Crippen molar-refractivity contribution in [2.24, 2.45) is 5.41 Å². The van der Waals surface area contributed by atoms with Crippen molar-refractivity contribution >= 4 is 23.2 Å². The molecule has 3 rings (SSSR count). The summed E-state index contributed by atoms with van der Waals surface area (Å²) in [6, 6.07) is 4.15. The molecule has 1 aliphatic carbocycles. The van der Waals surface area contributed by atoms with E-state index in [-0.39, 0.29) is 0 Å². The second-order valence-corrected chi connectivity index (χ2v) is 6.45. The maximum atomic E-state index is 5.96. The highest BCUT2D eigenvalue weighted by atomic mass is 35.5. The summed E-state index contributed by atoms with van der Waals surface area (Å²) in [5.74, 6) is 0.697. The molecule has 2 aromatic heterocycles. The lowest BCUT2D eigenvalue weighted by Gasteiger charge is -2.38. The molecule has 1 saturated carbocycles. The number of nitrogens with zero attached hydrogens (tertiary/aromatic N) is 3. The Hall–Kier alpha value is -1.29. The SMILES string of the molecule is CC1(C)CCCCC1Nc1nc2ccc(Cl)cn2n1. The number of hydrogen-bond donors (Lipinski definition) is 1. The summed E-state index contributed by atoms with van der Waals surface area (Å²) in [6.07, 6.45) is 6.81. The number of aromatic nitrogens is 3. The Labute approximate surface area is 118 Å². The van der Waals surface area contributed by atoms with Gasteiger partial charge in [-0.3, -0.25) is 0 Å². The van der Waals surface area contributed by atoms with Gasteiger partial charge in [0.2, 0.25) is 5.95 Å². The molecule has 1 aliphatic rings. The van der Waals surface area contributed by atoms with Gasteiger partial charge >= 0.3 is 0 Å². The fourth-order valence-electron chi connectivity index (χ4n) is 2.84. The molecule has 5 heteroatoms. The van der Waals surface area contributed by atoms with E-state index in [0.29, 0.717) is 22.4 Å². The Morgan fingerprint density at radius 2 is 2.21 bits per heavy atom. The summed E-state index contributed by atoms with van der Waals surface area (Å²) < 4.78 is 1.72. The van der Waals surface area contributed by atoms with Crippen LogP contribution >= 0.6 is 11.6 Å². The largest absolute Gasteiger partial charge is 0.350 e. The quantitative estimate of drug-likeness (QED) is 0.909. The number of anilines is 1. The zero-order valence-corrected chi connectivity index (χ0v) is 12.1. The molecule has 0 radical (unpaired) electrons. The topological polar surface area (TPSA) is 42.2 Å². The lowest BCUT2D eigenvalue weighted by atomic mass is 9.73. The number of nitrogens with one attached hydrogen (secondary N) is 1. The van der Waals surface area contributed by atoms with Crippen LogP contribution in [0.15, 0.2) is 18.3 Å². The van der Waals surface area contributed by atoms with E-state index in [2.05, 4.69) is 29.2 Å². The van der Waals surface area contributed by atoms with Crippen molar-refractivity contribution < 1.29 is 0 Å². The highest BCUT2D eigenvalue weighted by Gasteiger charge is 2.32. The summed E-state index contributed by atoms with van der Waals surface area (Å²) >= 11 is 5.96. The first-order chi connectivity index (χ1) is 9.04. The monoisotopic (exact) mass is 278 g/mol. The van der Waals surface area contributed by atoms with Crippen LogP contribution in [-0.2, 0) is 0 Å². The van der Waals surface area contributed by atoms with E-state index in [4.69, 9.17) is 11.6 Å². The molecule has 19 heavy (non-hydrogen) atoms. The van der Waals surface area contributed by atoms with Gasteiger partial charge in [0.05, 0.1) is 5.02 Å². The van der Waals surface area contributed by atoms with Gasteiger partial charge < -0.3 is 5.32 Å². The fraction of sp³-hybridized carbons (Fsp3) is 0.571. The molecular formula is C14H19ClN4. The Bertz CT molecular complexity index is 590. The van der Waals surface area contributed by atoms with Gasteiger partial charge in [-0.15, -0.1) is 5.10 Å². The maximum Gasteiger partial charge on any atom is 0.243 e. The third kappa shape index (κ3) is 2.54. The zero-order chi connectivity index (χ0) is 13.5. The first kappa shape index (κ1) is 12.7. The standard InChI is InChI=1S/C14H19ClN4/c1-14(2)8-4-3-5-11(14)16-13-17-12-7-6-10(15)9-19(12)18-13/h6-7,9,11H,3-5,8H2,1-2H3,(H,16,18). The number of fused-ring (bicyclic) bond motifs is 1. The van der Waals surface area contributed by atoms with E-state index in [1.807, 2.05) is 12.1 Å². The first-order valence-electron chi connectivity index (χ1n) is 6.83. The van der Waals surface area contributed by atoms with Crippen LogP contribution in [0, 0.1) is 5.41 Å². The average molecular weight is 279 g/mol. The van der Waals surface area contributed by atoms with Crippen LogP contribution in [0.5, 0.6) is 0 Å². The smallest absolute Gasteiger partial charge is 0.243 e. The molecule has 0 aromatic carbocycles. The summed E-state index contributed by atoms with van der Waals surface area (Å²) in [5.41, 5.74) is 1.12. The van der Waals surface area contributed by atoms with Crippen LogP contribution in [0.2, 0.25) is 5.02 Å². The summed E-state index contributed by atoms with van der Waals surface area (Å²) in [6.45, 7) is 4.63. The first-order valence-corrected chi connectivity index (χ1v) is 7.21. The van der Waals surface area contributed by atoms with E-state index in [1.54, 1.807) is 10.7 Å². The number of rotatable bonds is 2. The maximum absolute atomic E-state index is 5.96. The molecule has 0 spiro atoms. The summed E-state index contributed by atoms with van der Waals surface area (Å²) in [5, 5.41) is 8.61. The normalized spacial score (nSPS) is 22.6. The zero-order valence-electron chi connectivity index (χ0n) is 11.4. The molecule has 2 aromatic rings. The lowest BCUT2D eigenvalue weighted by molar-refractivity contribution is 0.216. The van der Waals surface area contributed by atoms with Crippen LogP contribution in [0.25, 0.3) is 5.65 Å². The van der Waals surface area contributed by atoms with E-state index < -0.39 is 0 Å². The highest BCUT2D eigenvalue weighted by Crippen LogP contribution is 2.36. The van der Waals surface area contributed by atoms with Crippen LogP contribution in [0.4, 0.5) is 5.95 Å². The molecule has 0 bridgehead atoms. The Morgan fingerprint density at radius 1 is 1.37 bits per heavy atom. The summed E-state index contributed by atoms with van der Waals surface area (Å²) in [7, 11) is 0. The van der Waals surface area contributed by atoms with Crippen LogP contribution in [-0.4, -0.2) is 20.6 Å². The van der Waals surface area contributed by atoms with Crippen molar-refractivity contribution in [3.8, 4) is 0 Å². The molecule has 1 N–H and O–H groups in total.